The van der Waals surface area contributed by atoms with E-state index in [1.54, 1.807) is 0 Å². The van der Waals surface area contributed by atoms with Crippen molar-refractivity contribution in [1.82, 2.24) is 0 Å². The average molecular weight is 725 g/mol. The number of rotatable bonds is 26. The third-order valence-corrected chi connectivity index (χ3v) is 16.9. The predicted molar refractivity (Wildman–Crippen MR) is 226 cm³/mol. The zero-order valence-electron chi connectivity index (χ0n) is 36.4. The van der Waals surface area contributed by atoms with Crippen molar-refractivity contribution in [2.24, 2.45) is 58.2 Å². The third-order valence-electron chi connectivity index (χ3n) is 16.9. The summed E-state index contributed by atoms with van der Waals surface area (Å²) in [5.41, 5.74) is 1.04. The first-order valence-corrected chi connectivity index (χ1v) is 24.3. The largest absolute Gasteiger partial charge is 0.462 e. The second-order valence-electron chi connectivity index (χ2n) is 20.7. The molecule has 52 heavy (non-hydrogen) atoms. The molecule has 2 heteroatoms. The van der Waals surface area contributed by atoms with Crippen molar-refractivity contribution in [3.63, 3.8) is 0 Å². The molecule has 2 nitrogen and oxygen atoms in total. The molecule has 4 saturated carbocycles. The van der Waals surface area contributed by atoms with Crippen molar-refractivity contribution in [3.8, 4) is 0 Å². The maximum atomic E-state index is 12.9. The number of carbonyl (C=O) groups is 1. The number of unbranched alkanes of at least 4 members (excludes halogenated alkanes) is 18. The molecular formula is C50H92O2. The Morgan fingerprint density at radius 2 is 1.12 bits per heavy atom. The lowest BCUT2D eigenvalue weighted by Crippen LogP contribution is -2.54. The maximum Gasteiger partial charge on any atom is 0.306 e. The minimum atomic E-state index is 0.0941. The predicted octanol–water partition coefficient (Wildman–Crippen LogP) is 16.1. The summed E-state index contributed by atoms with van der Waals surface area (Å²) in [5.74, 6) is 7.13. The Balaban J connectivity index is 1.03. The molecule has 0 unspecified atom stereocenters. The van der Waals surface area contributed by atoms with Gasteiger partial charge in [-0.25, -0.2) is 0 Å². The first kappa shape index (κ1) is 44.2. The summed E-state index contributed by atoms with van der Waals surface area (Å²) in [7, 11) is 0. The number of hydrogen-bond donors (Lipinski definition) is 0. The van der Waals surface area contributed by atoms with Gasteiger partial charge in [-0.2, -0.15) is 0 Å². The van der Waals surface area contributed by atoms with Crippen LogP contribution in [0.1, 0.15) is 248 Å². The van der Waals surface area contributed by atoms with Crippen molar-refractivity contribution in [1.29, 1.82) is 0 Å². The Kier molecular flexibility index (Phi) is 19.4. The minimum absolute atomic E-state index is 0.0941. The van der Waals surface area contributed by atoms with Gasteiger partial charge in [-0.05, 0) is 122 Å². The Morgan fingerprint density at radius 3 is 1.67 bits per heavy atom. The van der Waals surface area contributed by atoms with Crippen molar-refractivity contribution >= 4 is 5.97 Å². The fraction of sp³-hybridized carbons (Fsp3) is 0.980. The first-order chi connectivity index (χ1) is 25.1. The van der Waals surface area contributed by atoms with Crippen LogP contribution >= 0.6 is 0 Å². The molecule has 0 spiro atoms. The lowest BCUT2D eigenvalue weighted by molar-refractivity contribution is -0.162. The van der Waals surface area contributed by atoms with Gasteiger partial charge in [0.1, 0.15) is 6.10 Å². The minimum Gasteiger partial charge on any atom is -0.462 e. The summed E-state index contributed by atoms with van der Waals surface area (Å²) >= 11 is 0. The first-order valence-electron chi connectivity index (χ1n) is 24.3. The van der Waals surface area contributed by atoms with E-state index in [0.717, 1.165) is 66.6 Å². The summed E-state index contributed by atoms with van der Waals surface area (Å²) in [6.45, 7) is 17.6. The van der Waals surface area contributed by atoms with E-state index in [1.807, 2.05) is 0 Å². The van der Waals surface area contributed by atoms with Gasteiger partial charge in [0.25, 0.3) is 0 Å². The van der Waals surface area contributed by atoms with Crippen LogP contribution in [0, 0.1) is 58.2 Å². The van der Waals surface area contributed by atoms with Crippen molar-refractivity contribution in [3.05, 3.63) is 0 Å². The van der Waals surface area contributed by atoms with Gasteiger partial charge >= 0.3 is 5.97 Å². The Bertz CT molecular complexity index is 971. The fourth-order valence-electron chi connectivity index (χ4n) is 13.0. The van der Waals surface area contributed by atoms with Crippen LogP contribution in [0.4, 0.5) is 0 Å². The van der Waals surface area contributed by atoms with Gasteiger partial charge in [0, 0.05) is 6.42 Å². The maximum absolute atomic E-state index is 12.9. The van der Waals surface area contributed by atoms with Crippen LogP contribution in [0.3, 0.4) is 0 Å². The average Bonchev–Trinajstić information content (AvgIpc) is 3.48. The quantitative estimate of drug-likeness (QED) is 0.0656. The second-order valence-corrected chi connectivity index (χ2v) is 20.7. The topological polar surface area (TPSA) is 26.3 Å². The van der Waals surface area contributed by atoms with E-state index >= 15 is 0 Å². The smallest absolute Gasteiger partial charge is 0.306 e. The summed E-state index contributed by atoms with van der Waals surface area (Å²) < 4.78 is 6.20. The van der Waals surface area contributed by atoms with Crippen LogP contribution in [-0.4, -0.2) is 12.1 Å². The van der Waals surface area contributed by atoms with E-state index in [0.29, 0.717) is 17.3 Å². The van der Waals surface area contributed by atoms with Crippen molar-refractivity contribution in [2.75, 3.05) is 0 Å². The highest BCUT2D eigenvalue weighted by Crippen LogP contribution is 2.68. The number of fused-ring (bicyclic) bond motifs is 5. The molecule has 0 amide bonds. The normalized spacial score (nSPS) is 32.6. The van der Waals surface area contributed by atoms with Crippen LogP contribution < -0.4 is 0 Å². The number of ether oxygens (including phenoxy) is 1. The highest BCUT2D eigenvalue weighted by atomic mass is 16.5. The summed E-state index contributed by atoms with van der Waals surface area (Å²) in [6, 6.07) is 0. The highest BCUT2D eigenvalue weighted by Gasteiger charge is 2.60. The van der Waals surface area contributed by atoms with Gasteiger partial charge in [-0.3, -0.25) is 4.79 Å². The van der Waals surface area contributed by atoms with Gasteiger partial charge in [-0.15, -0.1) is 0 Å². The molecule has 0 radical (unpaired) electrons. The molecule has 0 aromatic heterocycles. The molecule has 10 atom stereocenters. The van der Waals surface area contributed by atoms with Gasteiger partial charge in [0.05, 0.1) is 0 Å². The van der Waals surface area contributed by atoms with E-state index in [9.17, 15) is 4.79 Å². The zero-order valence-corrected chi connectivity index (χ0v) is 36.4. The van der Waals surface area contributed by atoms with Crippen LogP contribution in [0.5, 0.6) is 0 Å². The van der Waals surface area contributed by atoms with Gasteiger partial charge in [-0.1, -0.05) is 177 Å². The number of hydrogen-bond acceptors (Lipinski definition) is 2. The molecule has 0 aromatic carbocycles. The van der Waals surface area contributed by atoms with Crippen LogP contribution in [0.25, 0.3) is 0 Å². The molecule has 4 fully saturated rings. The highest BCUT2D eigenvalue weighted by molar-refractivity contribution is 5.69. The molecule has 0 bridgehead atoms. The molecule has 4 aliphatic rings. The van der Waals surface area contributed by atoms with Gasteiger partial charge < -0.3 is 4.74 Å². The number of esters is 1. The summed E-state index contributed by atoms with van der Waals surface area (Å²) in [6.07, 6.45) is 42.3. The van der Waals surface area contributed by atoms with Crippen LogP contribution in [-0.2, 0) is 9.53 Å². The van der Waals surface area contributed by atoms with E-state index in [-0.39, 0.29) is 12.1 Å². The zero-order chi connectivity index (χ0) is 37.4. The third kappa shape index (κ3) is 12.8. The molecule has 0 N–H and O–H groups in total. The van der Waals surface area contributed by atoms with E-state index in [1.165, 1.54) is 173 Å². The Hall–Kier alpha value is -0.530. The molecule has 0 aromatic rings. The lowest BCUT2D eigenvalue weighted by atomic mass is 9.44. The van der Waals surface area contributed by atoms with E-state index < -0.39 is 0 Å². The number of carbonyl (C=O) groups excluding carboxylic acids is 1. The monoisotopic (exact) mass is 725 g/mol. The second kappa shape index (κ2) is 22.9. The van der Waals surface area contributed by atoms with Crippen molar-refractivity contribution in [2.45, 2.75) is 254 Å². The summed E-state index contributed by atoms with van der Waals surface area (Å²) in [5, 5.41) is 0. The van der Waals surface area contributed by atoms with E-state index in [4.69, 9.17) is 4.74 Å². The lowest BCUT2D eigenvalue weighted by Gasteiger charge is -2.61. The Labute approximate surface area is 326 Å². The van der Waals surface area contributed by atoms with Gasteiger partial charge in [0.15, 0.2) is 0 Å². The molecule has 0 heterocycles. The fourth-order valence-corrected chi connectivity index (χ4v) is 13.0. The molecule has 0 saturated heterocycles. The van der Waals surface area contributed by atoms with E-state index in [2.05, 4.69) is 48.5 Å². The van der Waals surface area contributed by atoms with Crippen LogP contribution in [0.2, 0.25) is 0 Å². The van der Waals surface area contributed by atoms with Gasteiger partial charge in [0.2, 0.25) is 0 Å². The Morgan fingerprint density at radius 1 is 0.596 bits per heavy atom. The SMILES string of the molecule is CCCCCCCCCCCCCCCCCCCCCC(=O)O[C@H]1CC[C@@]2(C)[C@@H](CC[C@@H]3[C@@H]2CC[C@]2(C)[C@@H]([C@H](C)CC[C@@H](C)C(C)C)CC[C@@H]32)C1. The van der Waals surface area contributed by atoms with Crippen molar-refractivity contribution < 1.29 is 9.53 Å². The molecular weight excluding hydrogens is 633 g/mol. The summed E-state index contributed by atoms with van der Waals surface area (Å²) in [4.78, 5) is 12.9. The molecule has 0 aliphatic heterocycles. The van der Waals surface area contributed by atoms with Crippen LogP contribution in [0.15, 0.2) is 0 Å². The molecule has 4 rings (SSSR count). The molecule has 304 valence electrons. The standard InChI is InChI=1S/C50H92O2/c1-8-9-10-11-12-13-14-15-16-17-18-19-20-21-22-23-24-25-26-27-48(51)52-43-34-36-49(6)42(38-43)30-31-44-46-33-32-45(50(46,7)37-35-47(44)49)41(5)29-28-40(4)39(2)3/h39-47H,8-38H2,1-7H3/t40-,41-,42+,43+,44+,45-,46+,47+,49+,50-/m1/s1. The molecule has 4 aliphatic carbocycles.